The lowest BCUT2D eigenvalue weighted by Crippen LogP contribution is -2.71. The summed E-state index contributed by atoms with van der Waals surface area (Å²) in [6, 6.07) is 17.4. The number of benzene rings is 2. The molecule has 0 aromatic heterocycles. The summed E-state index contributed by atoms with van der Waals surface area (Å²) in [4.78, 5) is 17.3. The van der Waals surface area contributed by atoms with Gasteiger partial charge in [0.2, 0.25) is 5.12 Å². The van der Waals surface area contributed by atoms with Gasteiger partial charge in [-0.25, -0.2) is 4.90 Å². The molecule has 1 amide bonds. The zero-order valence-corrected chi connectivity index (χ0v) is 17.1. The van der Waals surface area contributed by atoms with E-state index in [-0.39, 0.29) is 5.91 Å². The number of carbonyl (C=O) groups excluding carboxylic acids is 1. The molecule has 0 saturated carbocycles. The summed E-state index contributed by atoms with van der Waals surface area (Å²) in [5.41, 5.74) is 5.53. The Morgan fingerprint density at radius 3 is 2.46 bits per heavy atom. The molecule has 2 aromatic carbocycles. The summed E-state index contributed by atoms with van der Waals surface area (Å²) in [6.07, 6.45) is 1.97. The van der Waals surface area contributed by atoms with Gasteiger partial charge in [0.25, 0.3) is 5.91 Å². The highest BCUT2D eigenvalue weighted by atomic mass is 35.5. The molecule has 1 saturated heterocycles. The summed E-state index contributed by atoms with van der Waals surface area (Å²) < 4.78 is 0. The van der Waals surface area contributed by atoms with E-state index in [1.165, 1.54) is 11.8 Å². The number of hydrazone groups is 1. The van der Waals surface area contributed by atoms with Crippen LogP contribution in [-0.4, -0.2) is 54.1 Å². The van der Waals surface area contributed by atoms with Crippen LogP contribution in [0.3, 0.4) is 0 Å². The number of rotatable bonds is 4. The molecular weight excluding hydrogens is 394 g/mol. The highest BCUT2D eigenvalue weighted by Crippen LogP contribution is 2.28. The molecule has 6 nitrogen and oxygen atoms in total. The molecule has 0 aliphatic carbocycles. The van der Waals surface area contributed by atoms with E-state index in [1.807, 2.05) is 54.8 Å². The molecule has 0 spiro atoms. The Bertz CT molecular complexity index is 885. The minimum Gasteiger partial charge on any atom is -0.369 e. The van der Waals surface area contributed by atoms with E-state index in [0.717, 1.165) is 42.5 Å². The van der Waals surface area contributed by atoms with E-state index in [0.29, 0.717) is 5.71 Å². The molecule has 2 heterocycles. The lowest BCUT2D eigenvalue weighted by molar-refractivity contribution is -0.118. The number of hydrogen-bond acceptors (Lipinski definition) is 6. The van der Waals surface area contributed by atoms with Gasteiger partial charge in [0.05, 0.1) is 0 Å². The second-order valence-corrected chi connectivity index (χ2v) is 8.13. The van der Waals surface area contributed by atoms with E-state index >= 15 is 0 Å². The lowest BCUT2D eigenvalue weighted by Gasteiger charge is -2.47. The van der Waals surface area contributed by atoms with Crippen molar-refractivity contribution < 1.29 is 4.79 Å². The first-order chi connectivity index (χ1) is 13.6. The fraction of sp³-hybridized carbons (Fsp3) is 0.300. The van der Waals surface area contributed by atoms with Crippen LogP contribution in [0.5, 0.6) is 0 Å². The number of nitrogens with one attached hydrogen (secondary N) is 2. The summed E-state index contributed by atoms with van der Waals surface area (Å²) in [5, 5.41) is 7.56. The van der Waals surface area contributed by atoms with Gasteiger partial charge in [0.1, 0.15) is 0 Å². The maximum Gasteiger partial charge on any atom is 0.275 e. The standard InChI is InChI=1S/C20H22ClN5OS/c1-28-20(22-19(27)18(23-24-20)15-6-3-2-4-7-15)26-12-10-25(11-13-26)17-9-5-8-16(21)14-17/h2-9,14,24H,10-13H2,1H3,(H,22,27)/t20-/m1/s1. The Kier molecular flexibility index (Phi) is 5.48. The largest absolute Gasteiger partial charge is 0.369 e. The second kappa shape index (κ2) is 8.03. The number of halogens is 1. The third kappa shape index (κ3) is 3.70. The Hall–Kier alpha value is -2.22. The van der Waals surface area contributed by atoms with Crippen LogP contribution >= 0.6 is 23.4 Å². The van der Waals surface area contributed by atoms with Crippen LogP contribution in [0.4, 0.5) is 5.69 Å². The van der Waals surface area contributed by atoms with E-state index < -0.39 is 5.12 Å². The predicted octanol–water partition coefficient (Wildman–Crippen LogP) is 2.56. The van der Waals surface area contributed by atoms with Crippen LogP contribution in [0.1, 0.15) is 5.56 Å². The molecule has 0 radical (unpaired) electrons. The Morgan fingerprint density at radius 1 is 1.07 bits per heavy atom. The number of amides is 1. The van der Waals surface area contributed by atoms with Gasteiger partial charge in [0.15, 0.2) is 5.71 Å². The fourth-order valence-corrected chi connectivity index (χ4v) is 4.50. The van der Waals surface area contributed by atoms with Crippen molar-refractivity contribution in [1.82, 2.24) is 15.6 Å². The van der Waals surface area contributed by atoms with Crippen molar-refractivity contribution in [3.63, 3.8) is 0 Å². The van der Waals surface area contributed by atoms with E-state index in [4.69, 9.17) is 11.6 Å². The van der Waals surface area contributed by atoms with Gasteiger partial charge in [-0.3, -0.25) is 10.2 Å². The molecule has 146 valence electrons. The molecular formula is C20H22ClN5OS. The number of nitrogens with zero attached hydrogens (tertiary/aromatic N) is 3. The number of hydrogen-bond donors (Lipinski definition) is 2. The highest BCUT2D eigenvalue weighted by Gasteiger charge is 2.43. The maximum atomic E-state index is 12.8. The molecule has 2 aliphatic rings. The molecule has 2 aromatic rings. The van der Waals surface area contributed by atoms with E-state index in [2.05, 4.69) is 31.7 Å². The van der Waals surface area contributed by atoms with Gasteiger partial charge in [0, 0.05) is 42.5 Å². The van der Waals surface area contributed by atoms with Crippen molar-refractivity contribution in [1.29, 1.82) is 0 Å². The molecule has 0 bridgehead atoms. The molecule has 0 unspecified atom stereocenters. The summed E-state index contributed by atoms with van der Waals surface area (Å²) in [6.45, 7) is 3.26. The summed E-state index contributed by atoms with van der Waals surface area (Å²) in [5.74, 6) is -0.170. The first kappa shape index (κ1) is 19.1. The van der Waals surface area contributed by atoms with E-state index in [1.54, 1.807) is 0 Å². The van der Waals surface area contributed by atoms with Crippen LogP contribution in [0.15, 0.2) is 59.7 Å². The number of thioether (sulfide) groups is 1. The van der Waals surface area contributed by atoms with Crippen LogP contribution in [0.25, 0.3) is 0 Å². The van der Waals surface area contributed by atoms with Crippen molar-refractivity contribution in [2.75, 3.05) is 37.3 Å². The molecule has 1 fully saturated rings. The summed E-state index contributed by atoms with van der Waals surface area (Å²) in [7, 11) is 0. The zero-order valence-electron chi connectivity index (χ0n) is 15.6. The lowest BCUT2D eigenvalue weighted by atomic mass is 10.1. The predicted molar refractivity (Wildman–Crippen MR) is 116 cm³/mol. The average molecular weight is 416 g/mol. The van der Waals surface area contributed by atoms with Crippen LogP contribution in [-0.2, 0) is 4.79 Å². The smallest absolute Gasteiger partial charge is 0.275 e. The Balaban J connectivity index is 1.48. The number of anilines is 1. The molecule has 2 N–H and O–H groups in total. The second-order valence-electron chi connectivity index (χ2n) is 6.69. The molecule has 1 atom stereocenters. The minimum atomic E-state index is -0.740. The topological polar surface area (TPSA) is 60.0 Å². The molecule has 28 heavy (non-hydrogen) atoms. The van der Waals surface area contributed by atoms with Crippen molar-refractivity contribution in [3.8, 4) is 0 Å². The highest BCUT2D eigenvalue weighted by molar-refractivity contribution is 7.99. The third-order valence-corrected chi connectivity index (χ3v) is 6.34. The van der Waals surface area contributed by atoms with Gasteiger partial charge in [-0.15, -0.1) is 0 Å². The van der Waals surface area contributed by atoms with Crippen LogP contribution < -0.4 is 15.6 Å². The van der Waals surface area contributed by atoms with E-state index in [9.17, 15) is 4.79 Å². The molecule has 2 aliphatic heterocycles. The van der Waals surface area contributed by atoms with Gasteiger partial charge >= 0.3 is 0 Å². The number of piperazine rings is 1. The normalized spacial score (nSPS) is 23.0. The van der Waals surface area contributed by atoms with Crippen LogP contribution in [0.2, 0.25) is 5.02 Å². The minimum absolute atomic E-state index is 0.170. The average Bonchev–Trinajstić information content (AvgIpc) is 2.74. The SMILES string of the molecule is CS[C@@]1(N2CCN(c3cccc(Cl)c3)CC2)NN=C(c2ccccc2)C(=O)N1. The maximum absolute atomic E-state index is 12.8. The Labute approximate surface area is 173 Å². The van der Waals surface area contributed by atoms with Gasteiger partial charge in [-0.1, -0.05) is 59.8 Å². The molecule has 8 heteroatoms. The van der Waals surface area contributed by atoms with Crippen molar-refractivity contribution in [2.24, 2.45) is 5.10 Å². The van der Waals surface area contributed by atoms with Gasteiger partial charge in [-0.05, 0) is 24.5 Å². The first-order valence-corrected chi connectivity index (χ1v) is 10.7. The van der Waals surface area contributed by atoms with Gasteiger partial charge in [-0.2, -0.15) is 5.10 Å². The summed E-state index contributed by atoms with van der Waals surface area (Å²) >= 11 is 7.66. The van der Waals surface area contributed by atoms with Crippen molar-refractivity contribution >= 4 is 40.7 Å². The van der Waals surface area contributed by atoms with Crippen molar-refractivity contribution in [2.45, 2.75) is 5.12 Å². The third-order valence-electron chi connectivity index (χ3n) is 5.06. The first-order valence-electron chi connectivity index (χ1n) is 9.15. The zero-order chi connectivity index (χ0) is 19.6. The van der Waals surface area contributed by atoms with Crippen molar-refractivity contribution in [3.05, 3.63) is 65.2 Å². The molecule has 4 rings (SSSR count). The number of carbonyl (C=O) groups is 1. The monoisotopic (exact) mass is 415 g/mol. The van der Waals surface area contributed by atoms with Gasteiger partial charge < -0.3 is 10.2 Å². The van der Waals surface area contributed by atoms with Crippen LogP contribution in [0, 0.1) is 0 Å². The quantitative estimate of drug-likeness (QED) is 0.803. The fourth-order valence-electron chi connectivity index (χ4n) is 3.54. The Morgan fingerprint density at radius 2 is 1.82 bits per heavy atom.